The van der Waals surface area contributed by atoms with Crippen molar-refractivity contribution in [1.82, 2.24) is 5.43 Å². The van der Waals surface area contributed by atoms with Crippen molar-refractivity contribution in [2.24, 2.45) is 5.84 Å². The number of hydrazine groups is 1. The molecule has 1 aliphatic carbocycles. The highest BCUT2D eigenvalue weighted by molar-refractivity contribution is 6.31. The summed E-state index contributed by atoms with van der Waals surface area (Å²) < 4.78 is 5.83. The van der Waals surface area contributed by atoms with E-state index in [1.54, 1.807) is 0 Å². The van der Waals surface area contributed by atoms with Gasteiger partial charge in [0.15, 0.2) is 0 Å². The highest BCUT2D eigenvalue weighted by Gasteiger charge is 2.24. The number of rotatable bonds is 5. The van der Waals surface area contributed by atoms with Crippen LogP contribution in [0.15, 0.2) is 48.5 Å². The monoisotopic (exact) mass is 288 g/mol. The van der Waals surface area contributed by atoms with E-state index in [2.05, 4.69) is 5.43 Å². The van der Waals surface area contributed by atoms with Crippen LogP contribution in [0.4, 0.5) is 0 Å². The third kappa shape index (κ3) is 2.96. The normalized spacial score (nSPS) is 15.9. The van der Waals surface area contributed by atoms with Crippen molar-refractivity contribution in [3.05, 3.63) is 64.7 Å². The van der Waals surface area contributed by atoms with Gasteiger partial charge in [0.2, 0.25) is 0 Å². The summed E-state index contributed by atoms with van der Waals surface area (Å²) >= 11 is 6.25. The number of nitrogens with one attached hydrogen (secondary N) is 1. The van der Waals surface area contributed by atoms with Crippen molar-refractivity contribution in [3.8, 4) is 5.75 Å². The first-order chi connectivity index (χ1) is 9.78. The Kier molecular flexibility index (Phi) is 3.92. The number of benzene rings is 2. The molecule has 3 rings (SSSR count). The molecular formula is C16H17ClN2O. The Hall–Kier alpha value is -1.55. The SMILES string of the molecule is NNC(c1cccc(OC2CC2)c1)c1ccccc1Cl. The van der Waals surface area contributed by atoms with Crippen molar-refractivity contribution in [1.29, 1.82) is 0 Å². The van der Waals surface area contributed by atoms with Crippen molar-refractivity contribution in [2.75, 3.05) is 0 Å². The van der Waals surface area contributed by atoms with Crippen LogP contribution in [0.2, 0.25) is 5.02 Å². The summed E-state index contributed by atoms with van der Waals surface area (Å²) in [5, 5.41) is 0.698. The van der Waals surface area contributed by atoms with Crippen LogP contribution in [-0.2, 0) is 0 Å². The van der Waals surface area contributed by atoms with E-state index in [1.165, 1.54) is 0 Å². The second-order valence-electron chi connectivity index (χ2n) is 5.01. The minimum Gasteiger partial charge on any atom is -0.490 e. The van der Waals surface area contributed by atoms with Gasteiger partial charge in [0, 0.05) is 5.02 Å². The molecule has 0 radical (unpaired) electrons. The third-order valence-corrected chi connectivity index (χ3v) is 3.75. The van der Waals surface area contributed by atoms with Crippen LogP contribution in [0.25, 0.3) is 0 Å². The van der Waals surface area contributed by atoms with Crippen LogP contribution in [0.5, 0.6) is 5.75 Å². The van der Waals surface area contributed by atoms with E-state index in [4.69, 9.17) is 22.2 Å². The van der Waals surface area contributed by atoms with Gasteiger partial charge in [-0.1, -0.05) is 41.9 Å². The molecule has 1 unspecified atom stereocenters. The lowest BCUT2D eigenvalue weighted by molar-refractivity contribution is 0.302. The van der Waals surface area contributed by atoms with Crippen LogP contribution in [0, 0.1) is 0 Å². The van der Waals surface area contributed by atoms with Crippen molar-refractivity contribution in [2.45, 2.75) is 25.0 Å². The molecule has 20 heavy (non-hydrogen) atoms. The Labute approximate surface area is 123 Å². The molecule has 0 amide bonds. The number of nitrogens with two attached hydrogens (primary N) is 1. The van der Waals surface area contributed by atoms with Gasteiger partial charge in [-0.3, -0.25) is 5.84 Å². The van der Waals surface area contributed by atoms with Crippen molar-refractivity contribution in [3.63, 3.8) is 0 Å². The molecule has 0 heterocycles. The highest BCUT2D eigenvalue weighted by Crippen LogP contribution is 2.31. The smallest absolute Gasteiger partial charge is 0.120 e. The van der Waals surface area contributed by atoms with Gasteiger partial charge in [-0.15, -0.1) is 0 Å². The highest BCUT2D eigenvalue weighted by atomic mass is 35.5. The number of hydrogen-bond acceptors (Lipinski definition) is 3. The molecule has 0 spiro atoms. The Morgan fingerprint density at radius 3 is 2.65 bits per heavy atom. The Balaban J connectivity index is 1.90. The van der Waals surface area contributed by atoms with Gasteiger partial charge in [0.1, 0.15) is 5.75 Å². The summed E-state index contributed by atoms with van der Waals surface area (Å²) in [6.07, 6.45) is 2.68. The lowest BCUT2D eigenvalue weighted by Gasteiger charge is -2.19. The second-order valence-corrected chi connectivity index (χ2v) is 5.42. The standard InChI is InChI=1S/C16H17ClN2O/c17-15-7-2-1-6-14(15)16(19-18)11-4-3-5-13(10-11)20-12-8-9-12/h1-7,10,12,16,19H,8-9,18H2. The fourth-order valence-electron chi connectivity index (χ4n) is 2.22. The molecule has 2 aromatic carbocycles. The summed E-state index contributed by atoms with van der Waals surface area (Å²) in [5.74, 6) is 6.61. The van der Waals surface area contributed by atoms with Crippen LogP contribution in [0.1, 0.15) is 30.0 Å². The van der Waals surface area contributed by atoms with E-state index >= 15 is 0 Å². The van der Waals surface area contributed by atoms with Crippen molar-refractivity contribution >= 4 is 11.6 Å². The number of halogens is 1. The molecular weight excluding hydrogens is 272 g/mol. The average Bonchev–Trinajstić information content (AvgIpc) is 3.26. The summed E-state index contributed by atoms with van der Waals surface area (Å²) in [6.45, 7) is 0. The Morgan fingerprint density at radius 2 is 1.95 bits per heavy atom. The first-order valence-corrected chi connectivity index (χ1v) is 7.13. The average molecular weight is 289 g/mol. The van der Waals surface area contributed by atoms with E-state index in [1.807, 2.05) is 48.5 Å². The molecule has 1 aliphatic rings. The van der Waals surface area contributed by atoms with E-state index in [-0.39, 0.29) is 6.04 Å². The third-order valence-electron chi connectivity index (χ3n) is 3.40. The minimum absolute atomic E-state index is 0.147. The molecule has 0 bridgehead atoms. The maximum atomic E-state index is 6.25. The molecule has 3 N–H and O–H groups in total. The van der Waals surface area contributed by atoms with Gasteiger partial charge in [0.05, 0.1) is 12.1 Å². The Bertz CT molecular complexity index is 599. The van der Waals surface area contributed by atoms with E-state index in [0.29, 0.717) is 11.1 Å². The van der Waals surface area contributed by atoms with Gasteiger partial charge in [-0.05, 0) is 42.2 Å². The predicted octanol–water partition coefficient (Wildman–Crippen LogP) is 3.43. The largest absolute Gasteiger partial charge is 0.490 e. The molecule has 3 nitrogen and oxygen atoms in total. The zero-order valence-electron chi connectivity index (χ0n) is 11.1. The van der Waals surface area contributed by atoms with Crippen LogP contribution < -0.4 is 16.0 Å². The summed E-state index contributed by atoms with van der Waals surface area (Å²) in [5.41, 5.74) is 4.83. The summed E-state index contributed by atoms with van der Waals surface area (Å²) in [7, 11) is 0. The maximum Gasteiger partial charge on any atom is 0.120 e. The molecule has 104 valence electrons. The number of hydrogen-bond donors (Lipinski definition) is 2. The molecule has 0 aromatic heterocycles. The topological polar surface area (TPSA) is 47.3 Å². The maximum absolute atomic E-state index is 6.25. The zero-order chi connectivity index (χ0) is 13.9. The number of ether oxygens (including phenoxy) is 1. The molecule has 4 heteroatoms. The zero-order valence-corrected chi connectivity index (χ0v) is 11.8. The molecule has 1 atom stereocenters. The van der Waals surface area contributed by atoms with E-state index in [9.17, 15) is 0 Å². The summed E-state index contributed by atoms with van der Waals surface area (Å²) in [6, 6.07) is 15.6. The van der Waals surface area contributed by atoms with Gasteiger partial charge in [0.25, 0.3) is 0 Å². The predicted molar refractivity (Wildman–Crippen MR) is 80.7 cm³/mol. The van der Waals surface area contributed by atoms with Gasteiger partial charge < -0.3 is 4.74 Å². The molecule has 0 saturated heterocycles. The van der Waals surface area contributed by atoms with Gasteiger partial charge >= 0.3 is 0 Å². The fourth-order valence-corrected chi connectivity index (χ4v) is 2.47. The second kappa shape index (κ2) is 5.83. The minimum atomic E-state index is -0.147. The first-order valence-electron chi connectivity index (χ1n) is 6.75. The van der Waals surface area contributed by atoms with Gasteiger partial charge in [-0.2, -0.15) is 0 Å². The van der Waals surface area contributed by atoms with Crippen molar-refractivity contribution < 1.29 is 4.74 Å². The lowest BCUT2D eigenvalue weighted by atomic mass is 9.99. The molecule has 0 aliphatic heterocycles. The molecule has 1 saturated carbocycles. The van der Waals surface area contributed by atoms with Crippen LogP contribution in [0.3, 0.4) is 0 Å². The van der Waals surface area contributed by atoms with Crippen LogP contribution >= 0.6 is 11.6 Å². The van der Waals surface area contributed by atoms with E-state index in [0.717, 1.165) is 29.7 Å². The van der Waals surface area contributed by atoms with Crippen LogP contribution in [-0.4, -0.2) is 6.10 Å². The van der Waals surface area contributed by atoms with Gasteiger partial charge in [-0.25, -0.2) is 5.43 Å². The Morgan fingerprint density at radius 1 is 1.15 bits per heavy atom. The summed E-state index contributed by atoms with van der Waals surface area (Å²) in [4.78, 5) is 0. The fraction of sp³-hybridized carbons (Fsp3) is 0.250. The van der Waals surface area contributed by atoms with E-state index < -0.39 is 0 Å². The quantitative estimate of drug-likeness (QED) is 0.654. The first kappa shape index (κ1) is 13.4. The molecule has 1 fully saturated rings. The lowest BCUT2D eigenvalue weighted by Crippen LogP contribution is -2.29. The molecule has 2 aromatic rings.